The Morgan fingerprint density at radius 3 is 2.44 bits per heavy atom. The number of hydrogen-bond donors (Lipinski definition) is 2. The molecule has 16 heavy (non-hydrogen) atoms. The van der Waals surface area contributed by atoms with Gasteiger partial charge >= 0.3 is 0 Å². The summed E-state index contributed by atoms with van der Waals surface area (Å²) in [5, 5.41) is 8.32. The van der Waals surface area contributed by atoms with Crippen LogP contribution >= 0.6 is 24.0 Å². The number of benzene rings is 1. The van der Waals surface area contributed by atoms with Crippen LogP contribution in [0.25, 0.3) is 0 Å². The van der Waals surface area contributed by atoms with E-state index >= 15 is 0 Å². The van der Waals surface area contributed by atoms with Crippen molar-refractivity contribution in [2.24, 2.45) is 5.73 Å². The third kappa shape index (κ3) is 3.56. The van der Waals surface area contributed by atoms with E-state index in [1.54, 1.807) is 0 Å². The molecule has 2 nitrogen and oxygen atoms in total. The molecule has 0 spiro atoms. The van der Waals surface area contributed by atoms with Crippen molar-refractivity contribution < 1.29 is 13.9 Å². The summed E-state index contributed by atoms with van der Waals surface area (Å²) in [4.78, 5) is 0. The maximum Gasteiger partial charge on any atom is 0.142 e. The summed E-state index contributed by atoms with van der Waals surface area (Å²) in [7, 11) is 0. The Bertz CT molecular complexity index is 350. The number of aliphatic hydroxyl groups is 1. The Labute approximate surface area is 104 Å². The average molecular weight is 272 g/mol. The molecule has 0 aliphatic rings. The number of nitrogens with two attached hydrogens (primary N) is 1. The number of hydrogen-bond acceptors (Lipinski definition) is 2. The van der Waals surface area contributed by atoms with Gasteiger partial charge in [-0.15, -0.1) is 12.4 Å². The molecule has 0 bridgehead atoms. The molecule has 0 aliphatic carbocycles. The highest BCUT2D eigenvalue weighted by molar-refractivity contribution is 6.31. The van der Waals surface area contributed by atoms with Gasteiger partial charge in [0.25, 0.3) is 0 Å². The van der Waals surface area contributed by atoms with Crippen molar-refractivity contribution >= 4 is 24.0 Å². The van der Waals surface area contributed by atoms with Crippen molar-refractivity contribution in [2.75, 3.05) is 6.61 Å². The molecule has 0 saturated carbocycles. The highest BCUT2D eigenvalue weighted by Crippen LogP contribution is 2.29. The predicted octanol–water partition coefficient (Wildman–Crippen LogP) is 2.81. The van der Waals surface area contributed by atoms with Crippen molar-refractivity contribution in [2.45, 2.75) is 18.9 Å². The monoisotopic (exact) mass is 271 g/mol. The van der Waals surface area contributed by atoms with E-state index in [0.717, 1.165) is 12.1 Å². The molecule has 0 fully saturated rings. The second-order valence-corrected chi connectivity index (χ2v) is 3.61. The third-order valence-corrected chi connectivity index (χ3v) is 2.51. The van der Waals surface area contributed by atoms with E-state index < -0.39 is 17.7 Å². The minimum atomic E-state index is -0.694. The first-order valence-corrected chi connectivity index (χ1v) is 4.95. The molecule has 0 aliphatic heterocycles. The number of rotatable bonds is 4. The standard InChI is InChI=1S/C10H12ClF2NO.ClH/c11-10-7(13)4-3-6(12)9(10)8(14)2-1-5-15;/h3-4,8,15H,1-2,5,14H2;1H/t8-;/m0./s1. The van der Waals surface area contributed by atoms with Crippen LogP contribution in [0.15, 0.2) is 12.1 Å². The lowest BCUT2D eigenvalue weighted by Crippen LogP contribution is -2.14. The van der Waals surface area contributed by atoms with Crippen LogP contribution in [0.5, 0.6) is 0 Å². The van der Waals surface area contributed by atoms with Gasteiger partial charge in [0.05, 0.1) is 5.02 Å². The van der Waals surface area contributed by atoms with Crippen LogP contribution in [0.2, 0.25) is 5.02 Å². The molecule has 1 aromatic carbocycles. The van der Waals surface area contributed by atoms with Crippen LogP contribution < -0.4 is 5.73 Å². The van der Waals surface area contributed by atoms with Gasteiger partial charge in [0.2, 0.25) is 0 Å². The van der Waals surface area contributed by atoms with Crippen LogP contribution in [0, 0.1) is 11.6 Å². The van der Waals surface area contributed by atoms with Gasteiger partial charge < -0.3 is 10.8 Å². The minimum absolute atomic E-state index is 0. The van der Waals surface area contributed by atoms with Crippen LogP contribution in [-0.4, -0.2) is 11.7 Å². The molecule has 3 N–H and O–H groups in total. The van der Waals surface area contributed by atoms with Crippen LogP contribution in [0.3, 0.4) is 0 Å². The molecule has 0 aromatic heterocycles. The van der Waals surface area contributed by atoms with Crippen molar-refractivity contribution in [3.63, 3.8) is 0 Å². The summed E-state index contributed by atoms with van der Waals surface area (Å²) in [6, 6.07) is 1.26. The fourth-order valence-corrected chi connectivity index (χ4v) is 1.63. The SMILES string of the molecule is Cl.N[C@@H](CCCO)c1c(F)ccc(F)c1Cl. The van der Waals surface area contributed by atoms with Gasteiger partial charge in [0, 0.05) is 18.2 Å². The van der Waals surface area contributed by atoms with E-state index in [1.807, 2.05) is 0 Å². The summed E-state index contributed by atoms with van der Waals surface area (Å²) in [6.07, 6.45) is 0.782. The summed E-state index contributed by atoms with van der Waals surface area (Å²) in [6.45, 7) is -0.0394. The molecular formula is C10H13Cl2F2NO. The molecule has 0 saturated heterocycles. The maximum atomic E-state index is 13.3. The van der Waals surface area contributed by atoms with Gasteiger partial charge in [-0.2, -0.15) is 0 Å². The molecule has 0 amide bonds. The zero-order chi connectivity index (χ0) is 11.4. The smallest absolute Gasteiger partial charge is 0.142 e. The predicted molar refractivity (Wildman–Crippen MR) is 61.9 cm³/mol. The Morgan fingerprint density at radius 1 is 1.31 bits per heavy atom. The second kappa shape index (κ2) is 7.01. The normalized spacial score (nSPS) is 12.1. The molecule has 1 aromatic rings. The molecule has 0 unspecified atom stereocenters. The van der Waals surface area contributed by atoms with E-state index in [2.05, 4.69) is 0 Å². The fraction of sp³-hybridized carbons (Fsp3) is 0.400. The van der Waals surface area contributed by atoms with E-state index in [4.69, 9.17) is 22.4 Å². The number of aliphatic hydroxyl groups excluding tert-OH is 1. The van der Waals surface area contributed by atoms with Crippen LogP contribution in [0.1, 0.15) is 24.4 Å². The minimum Gasteiger partial charge on any atom is -0.396 e. The van der Waals surface area contributed by atoms with E-state index in [-0.39, 0.29) is 29.6 Å². The van der Waals surface area contributed by atoms with Gasteiger partial charge in [0.1, 0.15) is 11.6 Å². The lowest BCUT2D eigenvalue weighted by Gasteiger charge is -2.14. The quantitative estimate of drug-likeness (QED) is 0.828. The average Bonchev–Trinajstić information content (AvgIpc) is 2.21. The lowest BCUT2D eigenvalue weighted by molar-refractivity contribution is 0.279. The van der Waals surface area contributed by atoms with E-state index in [0.29, 0.717) is 12.8 Å². The summed E-state index contributed by atoms with van der Waals surface area (Å²) in [5.74, 6) is -1.31. The van der Waals surface area contributed by atoms with Gasteiger partial charge in [-0.3, -0.25) is 0 Å². The Morgan fingerprint density at radius 2 is 1.88 bits per heavy atom. The Balaban J connectivity index is 0.00000225. The first-order valence-electron chi connectivity index (χ1n) is 4.57. The Kier molecular flexibility index (Phi) is 6.83. The molecule has 1 atom stereocenters. The maximum absolute atomic E-state index is 13.3. The molecule has 0 heterocycles. The zero-order valence-electron chi connectivity index (χ0n) is 8.42. The van der Waals surface area contributed by atoms with E-state index in [9.17, 15) is 8.78 Å². The van der Waals surface area contributed by atoms with Gasteiger partial charge in [-0.25, -0.2) is 8.78 Å². The second-order valence-electron chi connectivity index (χ2n) is 3.23. The largest absolute Gasteiger partial charge is 0.396 e. The molecule has 6 heteroatoms. The molecule has 1 rings (SSSR count). The fourth-order valence-electron chi connectivity index (χ4n) is 1.34. The Hall–Kier alpha value is -0.420. The zero-order valence-corrected chi connectivity index (χ0v) is 9.99. The van der Waals surface area contributed by atoms with Crippen molar-refractivity contribution in [3.8, 4) is 0 Å². The van der Waals surface area contributed by atoms with E-state index in [1.165, 1.54) is 0 Å². The van der Waals surface area contributed by atoms with Crippen LogP contribution in [-0.2, 0) is 0 Å². The first kappa shape index (κ1) is 15.6. The molecule has 0 radical (unpaired) electrons. The van der Waals surface area contributed by atoms with Crippen molar-refractivity contribution in [1.82, 2.24) is 0 Å². The summed E-state index contributed by atoms with van der Waals surface area (Å²) >= 11 is 5.61. The summed E-state index contributed by atoms with van der Waals surface area (Å²) < 4.78 is 26.4. The molecular weight excluding hydrogens is 259 g/mol. The van der Waals surface area contributed by atoms with Gasteiger partial charge in [0.15, 0.2) is 0 Å². The summed E-state index contributed by atoms with van der Waals surface area (Å²) in [5.41, 5.74) is 5.63. The van der Waals surface area contributed by atoms with Crippen molar-refractivity contribution in [1.29, 1.82) is 0 Å². The highest BCUT2D eigenvalue weighted by atomic mass is 35.5. The number of halogens is 4. The van der Waals surface area contributed by atoms with Gasteiger partial charge in [-0.05, 0) is 25.0 Å². The third-order valence-electron chi connectivity index (χ3n) is 2.12. The topological polar surface area (TPSA) is 46.2 Å². The van der Waals surface area contributed by atoms with Crippen molar-refractivity contribution in [3.05, 3.63) is 34.4 Å². The van der Waals surface area contributed by atoms with Crippen LogP contribution in [0.4, 0.5) is 8.78 Å². The molecule has 92 valence electrons. The first-order chi connectivity index (χ1) is 7.07. The van der Waals surface area contributed by atoms with Gasteiger partial charge in [-0.1, -0.05) is 11.6 Å². The highest BCUT2D eigenvalue weighted by Gasteiger charge is 2.17. The lowest BCUT2D eigenvalue weighted by atomic mass is 10.0.